The van der Waals surface area contributed by atoms with Gasteiger partial charge in [-0.2, -0.15) is 0 Å². The standard InChI is InChI=1S/C36H47N5O9S/c1-35(2,3)50-34(45)39-28-15-9-7-5-6-8-12-21-20-36(21,33(44)41-51(46,47)23-16-17-23)40-30(43)25-19-22(18-24(25)29(28)42)49-32-31(48-4)37-26-13-10-11-14-27(26)38-32/h8,10-14,21-25,28H,5-7,9,15-20H2,1-4H3,(H,39,45)(H,40,43)(H,41,44)/b12-8-/t21?,22-,24?,25+,28+,36+/m0/s1. The molecule has 3 aliphatic carbocycles. The molecule has 3 N–H and O–H groups in total. The predicted molar refractivity (Wildman–Crippen MR) is 186 cm³/mol. The number of hydrogen-bond donors (Lipinski definition) is 3. The first-order chi connectivity index (χ1) is 24.2. The molecule has 2 unspecified atom stereocenters. The van der Waals surface area contributed by atoms with Crippen LogP contribution in [0.3, 0.4) is 0 Å². The maximum atomic E-state index is 14.5. The molecule has 2 heterocycles. The Labute approximate surface area is 297 Å². The minimum atomic E-state index is -3.88. The van der Waals surface area contributed by atoms with E-state index in [0.717, 1.165) is 12.8 Å². The Morgan fingerprint density at radius 2 is 1.65 bits per heavy atom. The van der Waals surface area contributed by atoms with Crippen LogP contribution in [0.25, 0.3) is 11.0 Å². The van der Waals surface area contributed by atoms with Gasteiger partial charge in [-0.1, -0.05) is 37.1 Å². The normalized spacial score (nSPS) is 29.3. The molecule has 1 aromatic heterocycles. The fraction of sp³-hybridized carbons (Fsp3) is 0.611. The van der Waals surface area contributed by atoms with Crippen LogP contribution >= 0.6 is 0 Å². The van der Waals surface area contributed by atoms with Crippen LogP contribution < -0.4 is 24.8 Å². The largest absolute Gasteiger partial charge is 0.477 e. The molecule has 6 rings (SSSR count). The van der Waals surface area contributed by atoms with Gasteiger partial charge in [0.05, 0.1) is 35.4 Å². The number of carbonyl (C=O) groups excluding carboxylic acids is 4. The molecule has 6 atom stereocenters. The maximum Gasteiger partial charge on any atom is 0.408 e. The van der Waals surface area contributed by atoms with E-state index in [2.05, 4.69) is 25.3 Å². The van der Waals surface area contributed by atoms with Crippen LogP contribution in [0, 0.1) is 17.8 Å². The number of sulfonamides is 1. The summed E-state index contributed by atoms with van der Waals surface area (Å²) in [7, 11) is -2.44. The van der Waals surface area contributed by atoms with Gasteiger partial charge in [-0.05, 0) is 84.3 Å². The van der Waals surface area contributed by atoms with Gasteiger partial charge >= 0.3 is 6.09 Å². The van der Waals surface area contributed by atoms with Crippen molar-refractivity contribution in [3.63, 3.8) is 0 Å². The Bertz CT molecular complexity index is 1820. The molecule has 0 bridgehead atoms. The van der Waals surface area contributed by atoms with Gasteiger partial charge in [-0.15, -0.1) is 0 Å². The van der Waals surface area contributed by atoms with E-state index in [-0.39, 0.29) is 36.8 Å². The van der Waals surface area contributed by atoms with Gasteiger partial charge in [0.2, 0.25) is 15.9 Å². The summed E-state index contributed by atoms with van der Waals surface area (Å²) >= 11 is 0. The minimum Gasteiger partial charge on any atom is -0.477 e. The number of para-hydroxylation sites is 2. The average molecular weight is 726 g/mol. The zero-order chi connectivity index (χ0) is 36.6. The van der Waals surface area contributed by atoms with Crippen LogP contribution in [-0.2, 0) is 29.1 Å². The summed E-state index contributed by atoms with van der Waals surface area (Å²) in [5.74, 6) is -3.75. The van der Waals surface area contributed by atoms with Crippen molar-refractivity contribution in [3.8, 4) is 11.8 Å². The average Bonchev–Trinajstić information content (AvgIpc) is 3.99. The monoisotopic (exact) mass is 725 g/mol. The lowest BCUT2D eigenvalue weighted by Crippen LogP contribution is -2.54. The van der Waals surface area contributed by atoms with Gasteiger partial charge in [0.25, 0.3) is 17.7 Å². The van der Waals surface area contributed by atoms with Crippen LogP contribution in [-0.4, -0.2) is 77.7 Å². The number of aromatic nitrogens is 2. The SMILES string of the molecule is COc1nc2ccccc2nc1O[C@H]1CC2C(=O)[C@H](NC(=O)OC(C)(C)C)CCCCC/C=C\C3C[C@@]3(C(=O)NS(=O)(=O)C3CC3)NC(=O)[C@@H]2C1. The number of rotatable bonds is 7. The summed E-state index contributed by atoms with van der Waals surface area (Å²) in [4.78, 5) is 64.5. The minimum absolute atomic E-state index is 0.0810. The van der Waals surface area contributed by atoms with Crippen LogP contribution in [0.2, 0.25) is 0 Å². The van der Waals surface area contributed by atoms with Crippen molar-refractivity contribution in [1.82, 2.24) is 25.3 Å². The van der Waals surface area contributed by atoms with E-state index in [1.807, 2.05) is 24.3 Å². The first kappa shape index (κ1) is 36.5. The fourth-order valence-corrected chi connectivity index (χ4v) is 8.41. The molecule has 3 saturated carbocycles. The van der Waals surface area contributed by atoms with Crippen LogP contribution in [0.4, 0.5) is 4.79 Å². The summed E-state index contributed by atoms with van der Waals surface area (Å²) in [6.07, 6.45) is 7.01. The highest BCUT2D eigenvalue weighted by molar-refractivity contribution is 7.91. The second-order valence-electron chi connectivity index (χ2n) is 15.1. The van der Waals surface area contributed by atoms with Crippen molar-refractivity contribution in [1.29, 1.82) is 0 Å². The van der Waals surface area contributed by atoms with Crippen molar-refractivity contribution in [2.45, 2.75) is 114 Å². The number of fused-ring (bicyclic) bond motifs is 3. The van der Waals surface area contributed by atoms with Crippen LogP contribution in [0.15, 0.2) is 36.4 Å². The van der Waals surface area contributed by atoms with Crippen LogP contribution in [0.1, 0.15) is 85.0 Å². The van der Waals surface area contributed by atoms with Crippen molar-refractivity contribution in [2.75, 3.05) is 7.11 Å². The van der Waals surface area contributed by atoms with Gasteiger partial charge < -0.3 is 24.8 Å². The maximum absolute atomic E-state index is 14.5. The molecule has 0 spiro atoms. The number of allylic oxidation sites excluding steroid dienone is 1. The summed E-state index contributed by atoms with van der Waals surface area (Å²) in [6.45, 7) is 5.19. The highest BCUT2D eigenvalue weighted by Crippen LogP contribution is 2.47. The predicted octanol–water partition coefficient (Wildman–Crippen LogP) is 3.88. The summed E-state index contributed by atoms with van der Waals surface area (Å²) in [5.41, 5.74) is -1.11. The molecule has 4 aliphatic rings. The highest BCUT2D eigenvalue weighted by Gasteiger charge is 2.62. The molecule has 14 nitrogen and oxygen atoms in total. The quantitative estimate of drug-likeness (QED) is 0.351. The molecule has 3 fully saturated rings. The first-order valence-electron chi connectivity index (χ1n) is 17.7. The van der Waals surface area contributed by atoms with E-state index >= 15 is 0 Å². The lowest BCUT2D eigenvalue weighted by molar-refractivity contribution is -0.136. The third kappa shape index (κ3) is 8.45. The molecule has 0 radical (unpaired) electrons. The third-order valence-corrected chi connectivity index (χ3v) is 11.8. The number of methoxy groups -OCH3 is 1. The fourth-order valence-electron chi connectivity index (χ4n) is 7.04. The highest BCUT2D eigenvalue weighted by atomic mass is 32.2. The number of Topliss-reactive ketones (excluding diaryl/α,β-unsaturated/α-hetero) is 1. The van der Waals surface area contributed by atoms with Crippen molar-refractivity contribution < 1.29 is 41.8 Å². The molecule has 15 heteroatoms. The van der Waals surface area contributed by atoms with E-state index in [0.29, 0.717) is 43.1 Å². The number of alkyl carbamates (subject to hydrolysis) is 1. The molecule has 1 aromatic carbocycles. The number of nitrogens with one attached hydrogen (secondary N) is 3. The molecular weight excluding hydrogens is 678 g/mol. The zero-order valence-corrected chi connectivity index (χ0v) is 30.3. The Morgan fingerprint density at radius 1 is 0.961 bits per heavy atom. The summed E-state index contributed by atoms with van der Waals surface area (Å²) in [6, 6.07) is 6.27. The number of hydrogen-bond acceptors (Lipinski definition) is 11. The molecule has 2 aromatic rings. The third-order valence-electron chi connectivity index (χ3n) is 9.93. The number of nitrogens with zero attached hydrogens (tertiary/aromatic N) is 2. The second-order valence-corrected chi connectivity index (χ2v) is 17.0. The first-order valence-corrected chi connectivity index (χ1v) is 19.3. The topological polar surface area (TPSA) is 192 Å². The molecule has 3 amide bonds. The molecule has 51 heavy (non-hydrogen) atoms. The molecule has 276 valence electrons. The van der Waals surface area contributed by atoms with Gasteiger partial charge in [0.15, 0.2) is 5.78 Å². The van der Waals surface area contributed by atoms with E-state index in [1.54, 1.807) is 32.9 Å². The Kier molecular flexibility index (Phi) is 10.3. The van der Waals surface area contributed by atoms with E-state index in [1.165, 1.54) is 7.11 Å². The number of benzene rings is 1. The Hall–Kier alpha value is -4.27. The van der Waals surface area contributed by atoms with E-state index < -0.39 is 74.2 Å². The van der Waals surface area contributed by atoms with E-state index in [9.17, 15) is 27.6 Å². The van der Waals surface area contributed by atoms with Gasteiger partial charge in [0, 0.05) is 11.8 Å². The zero-order valence-electron chi connectivity index (χ0n) is 29.5. The Morgan fingerprint density at radius 3 is 2.31 bits per heavy atom. The molecule has 1 aliphatic heterocycles. The van der Waals surface area contributed by atoms with Gasteiger partial charge in [-0.3, -0.25) is 19.1 Å². The van der Waals surface area contributed by atoms with E-state index in [4.69, 9.17) is 14.2 Å². The van der Waals surface area contributed by atoms with Crippen molar-refractivity contribution in [3.05, 3.63) is 36.4 Å². The summed E-state index contributed by atoms with van der Waals surface area (Å²) in [5, 5.41) is 5.03. The number of ketones is 1. The second kappa shape index (κ2) is 14.4. The van der Waals surface area contributed by atoms with Crippen LogP contribution in [0.5, 0.6) is 11.8 Å². The van der Waals surface area contributed by atoms with Gasteiger partial charge in [0.1, 0.15) is 17.2 Å². The lowest BCUT2D eigenvalue weighted by Gasteiger charge is -2.27. The number of amides is 3. The molecular formula is C36H47N5O9S. The number of ether oxygens (including phenoxy) is 3. The van der Waals surface area contributed by atoms with Crippen molar-refractivity contribution in [2.24, 2.45) is 17.8 Å². The molecule has 0 saturated heterocycles. The smallest absolute Gasteiger partial charge is 0.408 e. The summed E-state index contributed by atoms with van der Waals surface area (Å²) < 4.78 is 45.1. The van der Waals surface area contributed by atoms with Crippen molar-refractivity contribution >= 4 is 44.7 Å². The van der Waals surface area contributed by atoms with Gasteiger partial charge in [-0.25, -0.2) is 23.2 Å². The lowest BCUT2D eigenvalue weighted by atomic mass is 9.86. The number of carbonyl (C=O) groups is 4. The Balaban J connectivity index is 1.31.